The Morgan fingerprint density at radius 3 is 2.48 bits per heavy atom. The minimum absolute atomic E-state index is 0.166. The van der Waals surface area contributed by atoms with E-state index in [1.165, 1.54) is 0 Å². The van der Waals surface area contributed by atoms with Crippen LogP contribution in [0.1, 0.15) is 17.5 Å². The standard InChI is InChI=1S/C20H21N3O4/c1-26-17-8-7-14(11-18(17)27-2)12-20(25)22-13-15-5-3-4-6-16(15)23-19(24)9-10-21/h3-8,11H,9,12-13H2,1-2H3,(H,22,25)(H,23,24). The van der Waals surface area contributed by atoms with Gasteiger partial charge in [-0.3, -0.25) is 9.59 Å². The average molecular weight is 367 g/mol. The van der Waals surface area contributed by atoms with Crippen LogP contribution >= 0.6 is 0 Å². The molecule has 0 aliphatic heterocycles. The second-order valence-corrected chi connectivity index (χ2v) is 5.68. The highest BCUT2D eigenvalue weighted by atomic mass is 16.5. The number of ether oxygens (including phenoxy) is 2. The van der Waals surface area contributed by atoms with E-state index >= 15 is 0 Å². The molecule has 0 aliphatic rings. The van der Waals surface area contributed by atoms with Crippen molar-refractivity contribution in [3.8, 4) is 17.6 Å². The van der Waals surface area contributed by atoms with Crippen molar-refractivity contribution in [2.24, 2.45) is 0 Å². The molecule has 0 atom stereocenters. The topological polar surface area (TPSA) is 100 Å². The molecule has 0 aromatic heterocycles. The van der Waals surface area contributed by atoms with E-state index in [0.29, 0.717) is 17.2 Å². The molecule has 0 aliphatic carbocycles. The van der Waals surface area contributed by atoms with Crippen LogP contribution in [0.5, 0.6) is 11.5 Å². The second kappa shape index (κ2) is 9.82. The normalized spacial score (nSPS) is 9.81. The van der Waals surface area contributed by atoms with E-state index in [1.54, 1.807) is 56.7 Å². The van der Waals surface area contributed by atoms with Crippen LogP contribution in [-0.4, -0.2) is 26.0 Å². The molecule has 2 aromatic rings. The summed E-state index contributed by atoms with van der Waals surface area (Å²) in [5.74, 6) is 0.610. The predicted octanol–water partition coefficient (Wildman–Crippen LogP) is 2.41. The van der Waals surface area contributed by atoms with Crippen LogP contribution in [-0.2, 0) is 22.6 Å². The fourth-order valence-electron chi connectivity index (χ4n) is 2.49. The third kappa shape index (κ3) is 5.75. The van der Waals surface area contributed by atoms with Crippen molar-refractivity contribution >= 4 is 17.5 Å². The number of amides is 2. The lowest BCUT2D eigenvalue weighted by molar-refractivity contribution is -0.120. The Hall–Kier alpha value is -3.53. The molecule has 27 heavy (non-hydrogen) atoms. The van der Waals surface area contributed by atoms with Crippen molar-refractivity contribution in [3.05, 3.63) is 53.6 Å². The summed E-state index contributed by atoms with van der Waals surface area (Å²) in [4.78, 5) is 23.9. The molecule has 0 saturated heterocycles. The van der Waals surface area contributed by atoms with E-state index in [1.807, 2.05) is 6.07 Å². The molecule has 0 radical (unpaired) electrons. The van der Waals surface area contributed by atoms with Gasteiger partial charge in [-0.15, -0.1) is 0 Å². The molecule has 7 nitrogen and oxygen atoms in total. The van der Waals surface area contributed by atoms with Gasteiger partial charge in [-0.1, -0.05) is 24.3 Å². The highest BCUT2D eigenvalue weighted by Gasteiger charge is 2.10. The van der Waals surface area contributed by atoms with Crippen molar-refractivity contribution in [3.63, 3.8) is 0 Å². The number of anilines is 1. The van der Waals surface area contributed by atoms with E-state index in [9.17, 15) is 9.59 Å². The van der Waals surface area contributed by atoms with Crippen LogP contribution in [0.3, 0.4) is 0 Å². The number of nitrogens with one attached hydrogen (secondary N) is 2. The van der Waals surface area contributed by atoms with E-state index in [4.69, 9.17) is 14.7 Å². The molecule has 0 saturated carbocycles. The molecule has 140 valence electrons. The number of para-hydroxylation sites is 1. The van der Waals surface area contributed by atoms with E-state index in [0.717, 1.165) is 11.1 Å². The molecule has 0 bridgehead atoms. The van der Waals surface area contributed by atoms with Gasteiger partial charge in [0.2, 0.25) is 11.8 Å². The van der Waals surface area contributed by atoms with Gasteiger partial charge in [0, 0.05) is 12.2 Å². The molecule has 2 amide bonds. The van der Waals surface area contributed by atoms with Crippen LogP contribution in [0, 0.1) is 11.3 Å². The maximum absolute atomic E-state index is 12.3. The molecule has 0 fully saturated rings. The van der Waals surface area contributed by atoms with E-state index in [2.05, 4.69) is 10.6 Å². The van der Waals surface area contributed by atoms with Gasteiger partial charge < -0.3 is 20.1 Å². The number of hydrogen-bond donors (Lipinski definition) is 2. The quantitative estimate of drug-likeness (QED) is 0.746. The van der Waals surface area contributed by atoms with Crippen LogP contribution in [0.2, 0.25) is 0 Å². The first-order valence-electron chi connectivity index (χ1n) is 8.29. The zero-order chi connectivity index (χ0) is 19.6. The third-order valence-corrected chi connectivity index (χ3v) is 3.82. The lowest BCUT2D eigenvalue weighted by atomic mass is 10.1. The van der Waals surface area contributed by atoms with Crippen molar-refractivity contribution < 1.29 is 19.1 Å². The molecule has 2 aromatic carbocycles. The molecule has 0 spiro atoms. The average Bonchev–Trinajstić information content (AvgIpc) is 2.67. The van der Waals surface area contributed by atoms with E-state index < -0.39 is 0 Å². The van der Waals surface area contributed by atoms with Gasteiger partial charge in [-0.05, 0) is 29.3 Å². The number of hydrogen-bond acceptors (Lipinski definition) is 5. The summed E-state index contributed by atoms with van der Waals surface area (Å²) in [6.07, 6.45) is -0.0384. The van der Waals surface area contributed by atoms with Crippen LogP contribution in [0.25, 0.3) is 0 Å². The Morgan fingerprint density at radius 1 is 1.04 bits per heavy atom. The highest BCUT2D eigenvalue weighted by Crippen LogP contribution is 2.27. The lowest BCUT2D eigenvalue weighted by Crippen LogP contribution is -2.25. The maximum Gasteiger partial charge on any atom is 0.238 e. The van der Waals surface area contributed by atoms with Crippen molar-refractivity contribution in [2.75, 3.05) is 19.5 Å². The van der Waals surface area contributed by atoms with Crippen molar-refractivity contribution in [2.45, 2.75) is 19.4 Å². The SMILES string of the molecule is COc1ccc(CC(=O)NCc2ccccc2NC(=O)CC#N)cc1OC. The summed E-state index contributed by atoms with van der Waals surface area (Å²) >= 11 is 0. The van der Waals surface area contributed by atoms with Gasteiger partial charge >= 0.3 is 0 Å². The van der Waals surface area contributed by atoms with Gasteiger partial charge in [0.15, 0.2) is 11.5 Å². The first kappa shape index (κ1) is 19.8. The first-order chi connectivity index (χ1) is 13.1. The Balaban J connectivity index is 1.98. The zero-order valence-corrected chi connectivity index (χ0v) is 15.2. The summed E-state index contributed by atoms with van der Waals surface area (Å²) in [6.45, 7) is 0.259. The summed E-state index contributed by atoms with van der Waals surface area (Å²) in [6, 6.07) is 14.2. The molecular formula is C20H21N3O4. The fourth-order valence-corrected chi connectivity index (χ4v) is 2.49. The van der Waals surface area contributed by atoms with Gasteiger partial charge in [0.25, 0.3) is 0 Å². The highest BCUT2D eigenvalue weighted by molar-refractivity contribution is 5.92. The lowest BCUT2D eigenvalue weighted by Gasteiger charge is -2.12. The second-order valence-electron chi connectivity index (χ2n) is 5.68. The largest absolute Gasteiger partial charge is 0.493 e. The Morgan fingerprint density at radius 2 is 1.78 bits per heavy atom. The summed E-state index contributed by atoms with van der Waals surface area (Å²) < 4.78 is 10.4. The number of nitriles is 1. The van der Waals surface area contributed by atoms with Crippen LogP contribution in [0.4, 0.5) is 5.69 Å². The molecule has 7 heteroatoms. The van der Waals surface area contributed by atoms with Crippen molar-refractivity contribution in [1.29, 1.82) is 5.26 Å². The number of carbonyl (C=O) groups excluding carboxylic acids is 2. The van der Waals surface area contributed by atoms with Gasteiger partial charge in [-0.25, -0.2) is 0 Å². The molecule has 0 heterocycles. The van der Waals surface area contributed by atoms with Crippen LogP contribution in [0.15, 0.2) is 42.5 Å². The molecular weight excluding hydrogens is 346 g/mol. The zero-order valence-electron chi connectivity index (χ0n) is 15.2. The minimum atomic E-state index is -0.387. The van der Waals surface area contributed by atoms with Gasteiger partial charge in [0.1, 0.15) is 6.42 Å². The predicted molar refractivity (Wildman–Crippen MR) is 100 cm³/mol. The number of rotatable bonds is 8. The summed E-state index contributed by atoms with van der Waals surface area (Å²) in [5, 5.41) is 14.1. The van der Waals surface area contributed by atoms with Crippen molar-refractivity contribution in [1.82, 2.24) is 5.32 Å². The summed E-state index contributed by atoms with van der Waals surface area (Å²) in [5.41, 5.74) is 2.12. The monoisotopic (exact) mass is 367 g/mol. The first-order valence-corrected chi connectivity index (χ1v) is 8.29. The minimum Gasteiger partial charge on any atom is -0.493 e. The third-order valence-electron chi connectivity index (χ3n) is 3.82. The van der Waals surface area contributed by atoms with Crippen LogP contribution < -0.4 is 20.1 Å². The fraction of sp³-hybridized carbons (Fsp3) is 0.250. The number of benzene rings is 2. The molecule has 2 rings (SSSR count). The van der Waals surface area contributed by atoms with Gasteiger partial charge in [0.05, 0.1) is 26.7 Å². The number of methoxy groups -OCH3 is 2. The number of carbonyl (C=O) groups is 2. The number of nitrogens with zero attached hydrogens (tertiary/aromatic N) is 1. The Bertz CT molecular complexity index is 859. The molecule has 0 unspecified atom stereocenters. The Kier molecular flexibility index (Phi) is 7.20. The summed E-state index contributed by atoms with van der Waals surface area (Å²) in [7, 11) is 3.09. The molecule has 2 N–H and O–H groups in total. The van der Waals surface area contributed by atoms with E-state index in [-0.39, 0.29) is 31.2 Å². The smallest absolute Gasteiger partial charge is 0.238 e. The Labute approximate surface area is 157 Å². The van der Waals surface area contributed by atoms with Gasteiger partial charge in [-0.2, -0.15) is 5.26 Å². The maximum atomic E-state index is 12.3.